The van der Waals surface area contributed by atoms with Crippen molar-refractivity contribution in [3.63, 3.8) is 0 Å². The molecule has 3 unspecified atom stereocenters. The second-order valence-corrected chi connectivity index (χ2v) is 15.7. The van der Waals surface area contributed by atoms with Crippen molar-refractivity contribution in [2.75, 3.05) is 6.61 Å². The number of carbonyl (C=O) groups is 2. The fourth-order valence-corrected chi connectivity index (χ4v) is 9.06. The van der Waals surface area contributed by atoms with Crippen LogP contribution in [0.3, 0.4) is 0 Å². The van der Waals surface area contributed by atoms with Crippen molar-refractivity contribution in [3.8, 4) is 0 Å². The first-order valence-corrected chi connectivity index (χ1v) is 20.0. The van der Waals surface area contributed by atoms with Gasteiger partial charge in [-0.1, -0.05) is 123 Å². The third-order valence-corrected chi connectivity index (χ3v) is 12.1. The molecule has 3 saturated carbocycles. The minimum absolute atomic E-state index is 0.123. The Morgan fingerprint density at radius 1 is 0.625 bits per heavy atom. The van der Waals surface area contributed by atoms with E-state index in [1.54, 1.807) is 0 Å². The molecule has 0 radical (unpaired) electrons. The van der Waals surface area contributed by atoms with Gasteiger partial charge < -0.3 is 9.47 Å². The third kappa shape index (κ3) is 9.54. The van der Waals surface area contributed by atoms with E-state index < -0.39 is 6.10 Å². The lowest BCUT2D eigenvalue weighted by Gasteiger charge is -2.31. The third-order valence-electron chi connectivity index (χ3n) is 12.1. The van der Waals surface area contributed by atoms with Crippen LogP contribution < -0.4 is 0 Å². The van der Waals surface area contributed by atoms with Gasteiger partial charge in [-0.2, -0.15) is 0 Å². The molecule has 0 heterocycles. The summed E-state index contributed by atoms with van der Waals surface area (Å²) >= 11 is 0. The highest BCUT2D eigenvalue weighted by Gasteiger charge is 2.32. The Morgan fingerprint density at radius 3 is 1.52 bits per heavy atom. The minimum Gasteiger partial charge on any atom is -0.458 e. The van der Waals surface area contributed by atoms with Crippen LogP contribution in [0.15, 0.2) is 36.4 Å². The second-order valence-electron chi connectivity index (χ2n) is 15.7. The van der Waals surface area contributed by atoms with E-state index in [2.05, 4.69) is 52.0 Å². The van der Waals surface area contributed by atoms with Crippen LogP contribution in [0.4, 0.5) is 0 Å². The van der Waals surface area contributed by atoms with Crippen LogP contribution in [0.5, 0.6) is 0 Å². The van der Waals surface area contributed by atoms with E-state index in [-0.39, 0.29) is 24.5 Å². The van der Waals surface area contributed by atoms with Gasteiger partial charge in [0.25, 0.3) is 0 Å². The standard InChI is InChI=1S/C44H64O4/c1-5-16-31(3)36-24-26-38(40(28-36)33-18-10-7-11-19-33)43(45)47-30-42(35-22-14-9-15-23-35)48-44(46)39-27-25-37(32(4)17-6-2)29-41(39)34-20-12-8-13-21-34/h24-29,31-35,42H,5-23,30H2,1-4H3. The highest BCUT2D eigenvalue weighted by molar-refractivity contribution is 5.92. The number of benzene rings is 2. The zero-order valence-corrected chi connectivity index (χ0v) is 30.7. The predicted octanol–water partition coefficient (Wildman–Crippen LogP) is 12.6. The Bertz CT molecular complexity index is 1310. The highest BCUT2D eigenvalue weighted by atomic mass is 16.6. The van der Waals surface area contributed by atoms with Crippen molar-refractivity contribution in [1.82, 2.24) is 0 Å². The van der Waals surface area contributed by atoms with E-state index in [0.717, 1.165) is 82.6 Å². The zero-order chi connectivity index (χ0) is 33.9. The number of ether oxygens (including phenoxy) is 2. The summed E-state index contributed by atoms with van der Waals surface area (Å²) in [4.78, 5) is 28.0. The van der Waals surface area contributed by atoms with Crippen LogP contribution in [0.2, 0.25) is 0 Å². The Balaban J connectivity index is 1.36. The van der Waals surface area contributed by atoms with Crippen LogP contribution in [0.1, 0.15) is 216 Å². The van der Waals surface area contributed by atoms with Crippen LogP contribution in [0, 0.1) is 5.92 Å². The molecule has 3 atom stereocenters. The lowest BCUT2D eigenvalue weighted by Crippen LogP contribution is -2.34. The molecular weight excluding hydrogens is 592 g/mol. The number of hydrogen-bond acceptors (Lipinski definition) is 4. The Morgan fingerprint density at radius 2 is 1.06 bits per heavy atom. The van der Waals surface area contributed by atoms with Gasteiger partial charge in [-0.3, -0.25) is 0 Å². The van der Waals surface area contributed by atoms with Crippen LogP contribution >= 0.6 is 0 Å². The summed E-state index contributed by atoms with van der Waals surface area (Å²) in [5.41, 5.74) is 6.43. The molecular formula is C44H64O4. The first-order valence-electron chi connectivity index (χ1n) is 20.0. The van der Waals surface area contributed by atoms with Crippen molar-refractivity contribution < 1.29 is 19.1 Å². The molecule has 264 valence electrons. The average Bonchev–Trinajstić information content (AvgIpc) is 3.14. The highest BCUT2D eigenvalue weighted by Crippen LogP contribution is 2.39. The molecule has 2 aromatic carbocycles. The number of carbonyl (C=O) groups excluding carboxylic acids is 2. The molecule has 0 spiro atoms. The van der Waals surface area contributed by atoms with Gasteiger partial charge in [0, 0.05) is 0 Å². The van der Waals surface area contributed by atoms with E-state index in [1.807, 2.05) is 12.1 Å². The van der Waals surface area contributed by atoms with Gasteiger partial charge >= 0.3 is 11.9 Å². The Kier molecular flexibility index (Phi) is 14.0. The average molecular weight is 657 g/mol. The van der Waals surface area contributed by atoms with Crippen molar-refractivity contribution >= 4 is 11.9 Å². The summed E-state index contributed by atoms with van der Waals surface area (Å²) in [5.74, 6) is 1.46. The van der Waals surface area contributed by atoms with Crippen LogP contribution in [-0.2, 0) is 9.47 Å². The van der Waals surface area contributed by atoms with Gasteiger partial charge in [0.2, 0.25) is 0 Å². The second kappa shape index (κ2) is 18.4. The van der Waals surface area contributed by atoms with Gasteiger partial charge in [0.1, 0.15) is 12.7 Å². The summed E-state index contributed by atoms with van der Waals surface area (Å²) in [5, 5.41) is 0. The van der Waals surface area contributed by atoms with Gasteiger partial charge in [0.15, 0.2) is 0 Å². The first-order chi connectivity index (χ1) is 23.4. The number of hydrogen-bond donors (Lipinski definition) is 0. The molecule has 0 aliphatic heterocycles. The summed E-state index contributed by atoms with van der Waals surface area (Å²) < 4.78 is 12.6. The number of rotatable bonds is 14. The summed E-state index contributed by atoms with van der Waals surface area (Å²) in [6, 6.07) is 13.0. The van der Waals surface area contributed by atoms with Crippen LogP contribution in [-0.4, -0.2) is 24.6 Å². The fourth-order valence-electron chi connectivity index (χ4n) is 9.06. The largest absolute Gasteiger partial charge is 0.458 e. The maximum atomic E-state index is 14.1. The van der Waals surface area contributed by atoms with E-state index in [9.17, 15) is 9.59 Å². The fraction of sp³-hybridized carbons (Fsp3) is 0.682. The lowest BCUT2D eigenvalue weighted by atomic mass is 9.80. The van der Waals surface area contributed by atoms with Gasteiger partial charge in [-0.05, 0) is 115 Å². The van der Waals surface area contributed by atoms with Gasteiger partial charge in [-0.25, -0.2) is 9.59 Å². The molecule has 0 amide bonds. The molecule has 4 nitrogen and oxygen atoms in total. The van der Waals surface area contributed by atoms with E-state index in [4.69, 9.17) is 9.47 Å². The molecule has 0 aromatic heterocycles. The molecule has 0 bridgehead atoms. The van der Waals surface area contributed by atoms with Crippen LogP contribution in [0.25, 0.3) is 0 Å². The molecule has 4 heteroatoms. The maximum absolute atomic E-state index is 14.1. The van der Waals surface area contributed by atoms with E-state index >= 15 is 0 Å². The smallest absolute Gasteiger partial charge is 0.338 e. The van der Waals surface area contributed by atoms with Crippen molar-refractivity contribution in [1.29, 1.82) is 0 Å². The summed E-state index contributed by atoms with van der Waals surface area (Å²) in [6.07, 6.45) is 21.6. The van der Waals surface area contributed by atoms with Crippen molar-refractivity contribution in [2.45, 2.75) is 179 Å². The topological polar surface area (TPSA) is 52.6 Å². The van der Waals surface area contributed by atoms with Gasteiger partial charge in [-0.15, -0.1) is 0 Å². The molecule has 3 aliphatic rings. The quantitative estimate of drug-likeness (QED) is 0.190. The summed E-state index contributed by atoms with van der Waals surface area (Å²) in [6.45, 7) is 9.19. The minimum atomic E-state index is -0.429. The molecule has 5 rings (SSSR count). The van der Waals surface area contributed by atoms with Crippen molar-refractivity contribution in [3.05, 3.63) is 69.8 Å². The number of esters is 2. The summed E-state index contributed by atoms with van der Waals surface area (Å²) in [7, 11) is 0. The normalized spacial score (nSPS) is 20.2. The monoisotopic (exact) mass is 656 g/mol. The van der Waals surface area contributed by atoms with E-state index in [0.29, 0.717) is 29.2 Å². The lowest BCUT2D eigenvalue weighted by molar-refractivity contribution is -0.0248. The van der Waals surface area contributed by atoms with E-state index in [1.165, 1.54) is 67.2 Å². The Hall–Kier alpha value is -2.62. The Labute approximate surface area is 292 Å². The zero-order valence-electron chi connectivity index (χ0n) is 30.7. The molecule has 0 saturated heterocycles. The van der Waals surface area contributed by atoms with Crippen molar-refractivity contribution in [2.24, 2.45) is 5.92 Å². The molecule has 0 N–H and O–H groups in total. The predicted molar refractivity (Wildman–Crippen MR) is 197 cm³/mol. The first kappa shape index (κ1) is 36.7. The van der Waals surface area contributed by atoms with Gasteiger partial charge in [0.05, 0.1) is 11.1 Å². The molecule has 3 fully saturated rings. The molecule has 48 heavy (non-hydrogen) atoms. The maximum Gasteiger partial charge on any atom is 0.338 e. The molecule has 2 aromatic rings. The SMILES string of the molecule is CCCC(C)c1ccc(C(=O)OCC(OC(=O)c2ccc(C(C)CCC)cc2C2CCCCC2)C2CCCCC2)c(C2CCCCC2)c1. The molecule has 3 aliphatic carbocycles.